The van der Waals surface area contributed by atoms with E-state index in [2.05, 4.69) is 72.0 Å². The molecular formula is C12H13I. The first kappa shape index (κ1) is 10.5. The summed E-state index contributed by atoms with van der Waals surface area (Å²) in [5.74, 6) is 0. The largest absolute Gasteiger partial charge is 0.0871 e. The van der Waals surface area contributed by atoms with Gasteiger partial charge in [-0.1, -0.05) is 30.4 Å². The van der Waals surface area contributed by atoms with Crippen LogP contribution in [0.5, 0.6) is 0 Å². The van der Waals surface area contributed by atoms with Crippen molar-refractivity contribution in [3.05, 3.63) is 51.6 Å². The maximum absolute atomic E-state index is 2.32. The van der Waals surface area contributed by atoms with E-state index in [0.29, 0.717) is 0 Å². The molecule has 0 aliphatic heterocycles. The molecule has 0 bridgehead atoms. The van der Waals surface area contributed by atoms with Gasteiger partial charge in [-0.3, -0.25) is 0 Å². The summed E-state index contributed by atoms with van der Waals surface area (Å²) in [6.45, 7) is 4.10. The molecular weight excluding hydrogens is 271 g/mol. The second-order valence-corrected chi connectivity index (χ2v) is 4.00. The molecule has 0 heterocycles. The molecule has 0 saturated heterocycles. The third kappa shape index (κ3) is 2.99. The van der Waals surface area contributed by atoms with Gasteiger partial charge in [-0.15, -0.1) is 0 Å². The Hall–Kier alpha value is -0.570. The molecule has 0 fully saturated rings. The molecule has 0 radical (unpaired) electrons. The zero-order valence-corrected chi connectivity index (χ0v) is 10.1. The fourth-order valence-electron chi connectivity index (χ4n) is 1.18. The summed E-state index contributed by atoms with van der Waals surface area (Å²) in [6.07, 6.45) is 6.32. The van der Waals surface area contributed by atoms with Crippen molar-refractivity contribution < 1.29 is 0 Å². The van der Waals surface area contributed by atoms with Crippen molar-refractivity contribution in [2.45, 2.75) is 13.8 Å². The average molecular weight is 284 g/mol. The Labute approximate surface area is 93.5 Å². The van der Waals surface area contributed by atoms with E-state index >= 15 is 0 Å². The molecule has 0 amide bonds. The van der Waals surface area contributed by atoms with Gasteiger partial charge >= 0.3 is 0 Å². The van der Waals surface area contributed by atoms with Crippen molar-refractivity contribution in [2.24, 2.45) is 0 Å². The Bertz CT molecular complexity index is 317. The summed E-state index contributed by atoms with van der Waals surface area (Å²) in [6, 6.07) is 8.56. The third-order valence-electron chi connectivity index (χ3n) is 1.83. The van der Waals surface area contributed by atoms with Gasteiger partial charge in [0.15, 0.2) is 0 Å². The van der Waals surface area contributed by atoms with Gasteiger partial charge < -0.3 is 0 Å². The number of hydrogen-bond donors (Lipinski definition) is 0. The summed E-state index contributed by atoms with van der Waals surface area (Å²) in [4.78, 5) is 0. The maximum Gasteiger partial charge on any atom is 0.0130 e. The van der Waals surface area contributed by atoms with Gasteiger partial charge in [-0.25, -0.2) is 0 Å². The molecule has 13 heavy (non-hydrogen) atoms. The first-order valence-electron chi connectivity index (χ1n) is 4.33. The second kappa shape index (κ2) is 5.22. The molecule has 0 aliphatic rings. The molecule has 0 aromatic heterocycles. The normalized spacial score (nSPS) is 12.4. The van der Waals surface area contributed by atoms with Gasteiger partial charge in [0.2, 0.25) is 0 Å². The van der Waals surface area contributed by atoms with E-state index in [4.69, 9.17) is 0 Å². The standard InChI is InChI=1S/C12H13I/c1-3-5-10(4-2)11-6-8-12(13)9-7-11/h3-9H,1-2H3/b5-3-,10-4+. The van der Waals surface area contributed by atoms with Crippen LogP contribution in [-0.2, 0) is 0 Å². The van der Waals surface area contributed by atoms with Gasteiger partial charge in [0.25, 0.3) is 0 Å². The summed E-state index contributed by atoms with van der Waals surface area (Å²) >= 11 is 2.32. The molecule has 1 aromatic carbocycles. The Morgan fingerprint density at radius 3 is 2.23 bits per heavy atom. The summed E-state index contributed by atoms with van der Waals surface area (Å²) in [5, 5.41) is 0. The highest BCUT2D eigenvalue weighted by Crippen LogP contribution is 2.17. The van der Waals surface area contributed by atoms with Crippen LogP contribution in [0, 0.1) is 3.57 Å². The SMILES string of the molecule is C/C=C\C(=C/C)c1ccc(I)cc1. The van der Waals surface area contributed by atoms with Gasteiger partial charge in [0, 0.05) is 3.57 Å². The van der Waals surface area contributed by atoms with Crippen LogP contribution < -0.4 is 0 Å². The minimum absolute atomic E-state index is 1.28. The van der Waals surface area contributed by atoms with Crippen molar-refractivity contribution in [1.82, 2.24) is 0 Å². The lowest BCUT2D eigenvalue weighted by molar-refractivity contribution is 1.56. The molecule has 0 spiro atoms. The maximum atomic E-state index is 2.32. The predicted octanol–water partition coefficient (Wildman–Crippen LogP) is 4.27. The number of benzene rings is 1. The Balaban J connectivity index is 3.00. The Kier molecular flexibility index (Phi) is 4.22. The molecule has 0 saturated carbocycles. The summed E-state index contributed by atoms with van der Waals surface area (Å²) in [7, 11) is 0. The molecule has 68 valence electrons. The van der Waals surface area contributed by atoms with Crippen molar-refractivity contribution in [1.29, 1.82) is 0 Å². The van der Waals surface area contributed by atoms with Crippen molar-refractivity contribution in [2.75, 3.05) is 0 Å². The lowest BCUT2D eigenvalue weighted by Gasteiger charge is -2.01. The number of rotatable bonds is 2. The smallest absolute Gasteiger partial charge is 0.0130 e. The van der Waals surface area contributed by atoms with Crippen LogP contribution in [0.15, 0.2) is 42.5 Å². The monoisotopic (exact) mass is 284 g/mol. The highest BCUT2D eigenvalue weighted by atomic mass is 127. The predicted molar refractivity (Wildman–Crippen MR) is 67.6 cm³/mol. The topological polar surface area (TPSA) is 0 Å². The van der Waals surface area contributed by atoms with Crippen LogP contribution in [0.3, 0.4) is 0 Å². The van der Waals surface area contributed by atoms with Crippen LogP contribution in [0.2, 0.25) is 0 Å². The van der Waals surface area contributed by atoms with Crippen LogP contribution in [0.1, 0.15) is 19.4 Å². The first-order chi connectivity index (χ1) is 6.27. The molecule has 1 rings (SSSR count). The molecule has 0 nitrogen and oxygen atoms in total. The van der Waals surface area contributed by atoms with Gasteiger partial charge in [-0.2, -0.15) is 0 Å². The van der Waals surface area contributed by atoms with Crippen LogP contribution >= 0.6 is 22.6 Å². The average Bonchev–Trinajstić information content (AvgIpc) is 2.16. The minimum atomic E-state index is 1.28. The lowest BCUT2D eigenvalue weighted by atomic mass is 10.1. The van der Waals surface area contributed by atoms with E-state index in [1.165, 1.54) is 14.7 Å². The fraction of sp³-hybridized carbons (Fsp3) is 0.167. The van der Waals surface area contributed by atoms with Crippen molar-refractivity contribution in [3.63, 3.8) is 0 Å². The summed E-state index contributed by atoms with van der Waals surface area (Å²) < 4.78 is 1.28. The highest BCUT2D eigenvalue weighted by Gasteiger charge is 1.94. The van der Waals surface area contributed by atoms with Crippen molar-refractivity contribution >= 4 is 28.2 Å². The number of hydrogen-bond acceptors (Lipinski definition) is 0. The summed E-state index contributed by atoms with van der Waals surface area (Å²) in [5.41, 5.74) is 2.56. The molecule has 1 aromatic rings. The van der Waals surface area contributed by atoms with E-state index in [1.54, 1.807) is 0 Å². The van der Waals surface area contributed by atoms with Crippen molar-refractivity contribution in [3.8, 4) is 0 Å². The van der Waals surface area contributed by atoms with Crippen LogP contribution in [0.4, 0.5) is 0 Å². The minimum Gasteiger partial charge on any atom is -0.0871 e. The molecule has 0 N–H and O–H groups in total. The molecule has 0 unspecified atom stereocenters. The first-order valence-corrected chi connectivity index (χ1v) is 5.40. The van der Waals surface area contributed by atoms with Gasteiger partial charge in [0.1, 0.15) is 0 Å². The molecule has 0 aliphatic carbocycles. The number of allylic oxidation sites excluding steroid dienone is 4. The zero-order chi connectivity index (χ0) is 9.68. The van der Waals surface area contributed by atoms with E-state index in [0.717, 1.165) is 0 Å². The van der Waals surface area contributed by atoms with Crippen LogP contribution in [-0.4, -0.2) is 0 Å². The van der Waals surface area contributed by atoms with Crippen LogP contribution in [0.25, 0.3) is 5.57 Å². The second-order valence-electron chi connectivity index (χ2n) is 2.75. The van der Waals surface area contributed by atoms with E-state index < -0.39 is 0 Å². The zero-order valence-electron chi connectivity index (χ0n) is 7.92. The Morgan fingerprint density at radius 2 is 1.77 bits per heavy atom. The molecule has 1 heteroatoms. The fourth-order valence-corrected chi connectivity index (χ4v) is 1.54. The quantitative estimate of drug-likeness (QED) is 0.562. The third-order valence-corrected chi connectivity index (χ3v) is 2.55. The number of halogens is 1. The van der Waals surface area contributed by atoms with E-state index in [9.17, 15) is 0 Å². The van der Waals surface area contributed by atoms with E-state index in [-0.39, 0.29) is 0 Å². The highest BCUT2D eigenvalue weighted by molar-refractivity contribution is 14.1. The van der Waals surface area contributed by atoms with Gasteiger partial charge in [0.05, 0.1) is 0 Å². The van der Waals surface area contributed by atoms with Gasteiger partial charge in [-0.05, 0) is 59.7 Å². The van der Waals surface area contributed by atoms with E-state index in [1.807, 2.05) is 6.92 Å². The molecule has 0 atom stereocenters. The Morgan fingerprint density at radius 1 is 1.15 bits per heavy atom. The lowest BCUT2D eigenvalue weighted by Crippen LogP contribution is -1.80.